The fourth-order valence-electron chi connectivity index (χ4n) is 6.41. The molecule has 6 rings (SSSR count). The Balaban J connectivity index is 1.18. The topological polar surface area (TPSA) is 113 Å². The highest BCUT2D eigenvalue weighted by Gasteiger charge is 2.23. The number of aryl methyl sites for hydroxylation is 1. The Morgan fingerprint density at radius 1 is 1.16 bits per heavy atom. The second-order valence-electron chi connectivity index (χ2n) is 12.3. The van der Waals surface area contributed by atoms with Gasteiger partial charge in [-0.15, -0.1) is 0 Å². The van der Waals surface area contributed by atoms with Crippen LogP contribution in [0.4, 0.5) is 4.39 Å². The summed E-state index contributed by atoms with van der Waals surface area (Å²) in [4.78, 5) is 25.1. The second kappa shape index (κ2) is 13.7. The number of rotatable bonds is 10. The third kappa shape index (κ3) is 7.12. The molecule has 2 aromatic heterocycles. The van der Waals surface area contributed by atoms with Crippen molar-refractivity contribution in [2.45, 2.75) is 76.4 Å². The van der Waals surface area contributed by atoms with Gasteiger partial charge in [0.1, 0.15) is 5.65 Å². The van der Waals surface area contributed by atoms with E-state index in [1.807, 2.05) is 31.2 Å². The van der Waals surface area contributed by atoms with Crippen LogP contribution in [0.15, 0.2) is 58.4 Å². The quantitative estimate of drug-likeness (QED) is 0.178. The van der Waals surface area contributed by atoms with E-state index in [-0.39, 0.29) is 17.1 Å². The average molecular weight is 618 g/mol. The van der Waals surface area contributed by atoms with E-state index >= 15 is 4.39 Å². The monoisotopic (exact) mass is 617 g/mol. The van der Waals surface area contributed by atoms with Gasteiger partial charge in [0, 0.05) is 54.1 Å². The van der Waals surface area contributed by atoms with E-state index < -0.39 is 11.5 Å². The van der Waals surface area contributed by atoms with Crippen molar-refractivity contribution in [1.82, 2.24) is 25.2 Å². The summed E-state index contributed by atoms with van der Waals surface area (Å²) in [5, 5.41) is 8.03. The maximum Gasteiger partial charge on any atom is 0.354 e. The molecular weight excluding hydrogens is 577 g/mol. The highest BCUT2D eigenvalue weighted by atomic mass is 35.5. The van der Waals surface area contributed by atoms with Crippen LogP contribution in [0.5, 0.6) is 0 Å². The lowest BCUT2D eigenvalue weighted by molar-refractivity contribution is 0.314. The van der Waals surface area contributed by atoms with Crippen molar-refractivity contribution < 1.29 is 4.39 Å². The number of nitrogens with one attached hydrogen (secondary N) is 3. The molecule has 4 aromatic rings. The summed E-state index contributed by atoms with van der Waals surface area (Å²) >= 11 is 6.27. The van der Waals surface area contributed by atoms with Crippen LogP contribution < -0.4 is 22.1 Å². The van der Waals surface area contributed by atoms with Gasteiger partial charge in [0.25, 0.3) is 0 Å². The van der Waals surface area contributed by atoms with E-state index in [0.29, 0.717) is 28.3 Å². The minimum Gasteiger partial charge on any atom is -0.339 e. The van der Waals surface area contributed by atoms with Gasteiger partial charge in [-0.1, -0.05) is 30.2 Å². The Bertz CT molecular complexity index is 1690. The fourth-order valence-corrected chi connectivity index (χ4v) is 6.65. The van der Waals surface area contributed by atoms with E-state index in [9.17, 15) is 4.79 Å². The van der Waals surface area contributed by atoms with Crippen LogP contribution in [0, 0.1) is 5.82 Å². The molecule has 0 bridgehead atoms. The molecule has 10 heteroatoms. The highest BCUT2D eigenvalue weighted by molar-refractivity contribution is 6.31. The van der Waals surface area contributed by atoms with Crippen molar-refractivity contribution in [1.29, 1.82) is 0 Å². The Labute approximate surface area is 262 Å². The smallest absolute Gasteiger partial charge is 0.339 e. The number of hydrogen-bond acceptors (Lipinski definition) is 6. The van der Waals surface area contributed by atoms with Crippen LogP contribution >= 0.6 is 11.6 Å². The average Bonchev–Trinajstić information content (AvgIpc) is 3.44. The van der Waals surface area contributed by atoms with Crippen LogP contribution in [0.1, 0.15) is 69.0 Å². The van der Waals surface area contributed by atoms with Crippen molar-refractivity contribution in [3.8, 4) is 16.9 Å². The Hall–Kier alpha value is -3.37. The summed E-state index contributed by atoms with van der Waals surface area (Å²) in [6.45, 7) is 4.75. The molecule has 3 atom stereocenters. The second-order valence-corrected chi connectivity index (χ2v) is 12.7. The molecule has 44 heavy (non-hydrogen) atoms. The van der Waals surface area contributed by atoms with Crippen LogP contribution in [-0.4, -0.2) is 52.0 Å². The summed E-state index contributed by atoms with van der Waals surface area (Å²) in [5.74, 6) is -0.502. The maximum atomic E-state index is 15.1. The molecule has 1 fully saturated rings. The lowest BCUT2D eigenvalue weighted by Gasteiger charge is -2.32. The Kier molecular flexibility index (Phi) is 9.56. The lowest BCUT2D eigenvalue weighted by Crippen LogP contribution is -2.38. The minimum atomic E-state index is -0.502. The van der Waals surface area contributed by atoms with Gasteiger partial charge < -0.3 is 21.4 Å². The van der Waals surface area contributed by atoms with Gasteiger partial charge >= 0.3 is 5.69 Å². The first-order valence-corrected chi connectivity index (χ1v) is 16.2. The molecule has 232 valence electrons. The predicted molar refractivity (Wildman–Crippen MR) is 177 cm³/mol. The van der Waals surface area contributed by atoms with Crippen LogP contribution in [0.25, 0.3) is 28.0 Å². The SMILES string of the molecule is C[C@H](N)CCCc1cc(Cl)c(F)c(-c2cc3cn(-c4ccc([C@@H]5CCC[C@@H](CCC6=NCCNC6)N5)cc4)c(=O)nc3[nH]2)c1. The highest BCUT2D eigenvalue weighted by Crippen LogP contribution is 2.32. The maximum absolute atomic E-state index is 15.1. The zero-order valence-electron chi connectivity index (χ0n) is 25.2. The van der Waals surface area contributed by atoms with Crippen LogP contribution in [0.3, 0.4) is 0 Å². The molecule has 1 saturated heterocycles. The summed E-state index contributed by atoms with van der Waals surface area (Å²) in [6, 6.07) is 14.3. The fraction of sp³-hybridized carbons (Fsp3) is 0.441. The molecule has 0 saturated carbocycles. The number of aromatic amines is 1. The molecular formula is C34H41ClFN7O. The standard InChI is InChI=1S/C34H41ClFN7O/c1-21(37)4-2-5-22-16-28(32(36)29(35)17-22)31-18-24-20-43(34(44)42-33(24)41-31)27-12-8-23(9-13-27)30-7-3-6-25(40-30)10-11-26-19-38-14-15-39-26/h8-9,12-13,16-18,20-21,25,30,38,40H,2-7,10-11,14-15,19,37H2,1H3,(H,41,42,44)/t21-,25-,30-/m0/s1. The number of piperidine rings is 1. The first kappa shape index (κ1) is 30.6. The van der Waals surface area contributed by atoms with E-state index in [4.69, 9.17) is 17.3 Å². The van der Waals surface area contributed by atoms with Gasteiger partial charge in [0.05, 0.1) is 22.9 Å². The number of hydrogen-bond donors (Lipinski definition) is 4. The van der Waals surface area contributed by atoms with Gasteiger partial charge in [0.15, 0.2) is 5.82 Å². The third-order valence-corrected chi connectivity index (χ3v) is 9.08. The molecule has 0 amide bonds. The molecule has 2 aliphatic heterocycles. The minimum absolute atomic E-state index is 0.0688. The number of fused-ring (bicyclic) bond motifs is 1. The predicted octanol–water partition coefficient (Wildman–Crippen LogP) is 5.85. The summed E-state index contributed by atoms with van der Waals surface area (Å²) in [5.41, 5.74) is 10.9. The number of aliphatic imine (C=N–C) groups is 1. The van der Waals surface area contributed by atoms with E-state index in [1.54, 1.807) is 12.3 Å². The molecule has 0 radical (unpaired) electrons. The molecule has 0 unspecified atom stereocenters. The van der Waals surface area contributed by atoms with Crippen molar-refractivity contribution in [2.75, 3.05) is 19.6 Å². The van der Waals surface area contributed by atoms with E-state index in [2.05, 4.69) is 37.7 Å². The van der Waals surface area contributed by atoms with Gasteiger partial charge in [-0.25, -0.2) is 9.18 Å². The summed E-state index contributed by atoms with van der Waals surface area (Å²) in [6.07, 6.45) is 9.86. The van der Waals surface area contributed by atoms with Crippen molar-refractivity contribution in [3.63, 3.8) is 0 Å². The zero-order valence-corrected chi connectivity index (χ0v) is 26.0. The number of nitrogens with two attached hydrogens (primary N) is 1. The first-order valence-electron chi connectivity index (χ1n) is 15.8. The van der Waals surface area contributed by atoms with Crippen LogP contribution in [0.2, 0.25) is 5.02 Å². The molecule has 2 aliphatic rings. The Morgan fingerprint density at radius 2 is 2.00 bits per heavy atom. The van der Waals surface area contributed by atoms with Gasteiger partial charge in [-0.05, 0) is 93.3 Å². The Morgan fingerprint density at radius 3 is 2.77 bits per heavy atom. The molecule has 4 heterocycles. The number of halogens is 2. The molecule has 2 aromatic carbocycles. The van der Waals surface area contributed by atoms with E-state index in [0.717, 1.165) is 69.4 Å². The van der Waals surface area contributed by atoms with Crippen molar-refractivity contribution in [3.05, 3.63) is 81.1 Å². The molecule has 8 nitrogen and oxygen atoms in total. The van der Waals surface area contributed by atoms with E-state index in [1.165, 1.54) is 28.7 Å². The molecule has 0 aliphatic carbocycles. The van der Waals surface area contributed by atoms with Crippen molar-refractivity contribution >= 4 is 28.3 Å². The first-order chi connectivity index (χ1) is 21.3. The normalized spacial score (nSPS) is 19.7. The van der Waals surface area contributed by atoms with Crippen LogP contribution in [-0.2, 0) is 6.42 Å². The van der Waals surface area contributed by atoms with Gasteiger partial charge in [0.2, 0.25) is 0 Å². The van der Waals surface area contributed by atoms with Gasteiger partial charge in [-0.3, -0.25) is 9.56 Å². The molecule has 0 spiro atoms. The lowest BCUT2D eigenvalue weighted by atomic mass is 9.91. The number of benzene rings is 2. The summed E-state index contributed by atoms with van der Waals surface area (Å²) < 4.78 is 16.7. The number of nitrogens with zero attached hydrogens (tertiary/aromatic N) is 3. The largest absolute Gasteiger partial charge is 0.354 e. The van der Waals surface area contributed by atoms with Gasteiger partial charge in [-0.2, -0.15) is 4.98 Å². The number of aromatic nitrogens is 3. The third-order valence-electron chi connectivity index (χ3n) is 8.80. The molecule has 5 N–H and O–H groups in total. The summed E-state index contributed by atoms with van der Waals surface area (Å²) in [7, 11) is 0. The zero-order chi connectivity index (χ0) is 30.6. The van der Waals surface area contributed by atoms with Crippen molar-refractivity contribution in [2.24, 2.45) is 10.7 Å². The number of H-pyrrole nitrogens is 1.